The third-order valence-corrected chi connectivity index (χ3v) is 7.60. The fourth-order valence-corrected chi connectivity index (χ4v) is 5.65. The lowest BCUT2D eigenvalue weighted by Gasteiger charge is -2.26. The van der Waals surface area contributed by atoms with Crippen LogP contribution >= 0.6 is 0 Å². The Morgan fingerprint density at radius 3 is 2.15 bits per heavy atom. The van der Waals surface area contributed by atoms with Crippen LogP contribution in [-0.4, -0.2) is 31.8 Å². The van der Waals surface area contributed by atoms with Crippen LogP contribution in [0.25, 0.3) is 0 Å². The Hall–Kier alpha value is -2.71. The highest BCUT2D eigenvalue weighted by molar-refractivity contribution is 7.89. The summed E-state index contributed by atoms with van der Waals surface area (Å²) in [7, 11) is -3.66. The zero-order chi connectivity index (χ0) is 24.8. The van der Waals surface area contributed by atoms with Crippen molar-refractivity contribution in [3.05, 3.63) is 60.2 Å². The van der Waals surface area contributed by atoms with Crippen LogP contribution in [-0.2, 0) is 14.8 Å². The largest absolute Gasteiger partial charge is 0.340 e. The molecule has 7 nitrogen and oxygen atoms in total. The first-order chi connectivity index (χ1) is 16.0. The molecule has 0 unspecified atom stereocenters. The quantitative estimate of drug-likeness (QED) is 0.513. The number of benzene rings is 2. The van der Waals surface area contributed by atoms with Crippen molar-refractivity contribution in [1.82, 2.24) is 10.0 Å². The topological polar surface area (TPSA) is 104 Å². The van der Waals surface area contributed by atoms with Gasteiger partial charge in [0.25, 0.3) is 5.91 Å². The van der Waals surface area contributed by atoms with Crippen LogP contribution < -0.4 is 15.4 Å². The van der Waals surface area contributed by atoms with Gasteiger partial charge in [-0.15, -0.1) is 0 Å². The van der Waals surface area contributed by atoms with Crippen molar-refractivity contribution >= 4 is 27.5 Å². The maximum atomic E-state index is 13.2. The van der Waals surface area contributed by atoms with Crippen LogP contribution in [0.3, 0.4) is 0 Å². The van der Waals surface area contributed by atoms with E-state index < -0.39 is 21.6 Å². The Morgan fingerprint density at radius 1 is 0.941 bits per heavy atom. The fraction of sp³-hybridized carbons (Fsp3) is 0.462. The van der Waals surface area contributed by atoms with E-state index >= 15 is 0 Å². The maximum Gasteiger partial charge on any atom is 0.251 e. The van der Waals surface area contributed by atoms with Crippen LogP contribution in [0.5, 0.6) is 0 Å². The second-order valence-corrected chi connectivity index (χ2v) is 11.7. The van der Waals surface area contributed by atoms with E-state index in [2.05, 4.69) is 15.4 Å². The third kappa shape index (κ3) is 7.67. The molecule has 1 saturated carbocycles. The first-order valence-electron chi connectivity index (χ1n) is 11.8. The summed E-state index contributed by atoms with van der Waals surface area (Å²) in [6.45, 7) is 5.32. The molecule has 1 fully saturated rings. The second-order valence-electron chi connectivity index (χ2n) is 10.0. The van der Waals surface area contributed by atoms with Gasteiger partial charge in [0.05, 0.1) is 4.90 Å². The summed E-state index contributed by atoms with van der Waals surface area (Å²) in [6, 6.07) is 14.2. The molecule has 0 saturated heterocycles. The van der Waals surface area contributed by atoms with Gasteiger partial charge < -0.3 is 10.6 Å². The van der Waals surface area contributed by atoms with Gasteiger partial charge in [-0.2, -0.15) is 0 Å². The average molecular weight is 486 g/mol. The van der Waals surface area contributed by atoms with Crippen LogP contribution in [0, 0.1) is 5.92 Å². The molecule has 0 heterocycles. The standard InChI is InChI=1S/C26H35N3O4S/c1-26(2,3)29-34(32,33)22-16-14-21(15-17-22)27-25(31)23(18-19-10-6-4-7-11-19)28-24(30)20-12-8-5-9-13-20/h5,8-9,12-17,19,23,29H,4,6-7,10-11,18H2,1-3H3,(H,27,31)(H,28,30)/t23-/m0/s1. The lowest BCUT2D eigenvalue weighted by Crippen LogP contribution is -2.45. The molecule has 0 radical (unpaired) electrons. The summed E-state index contributed by atoms with van der Waals surface area (Å²) in [5.74, 6) is -0.207. The highest BCUT2D eigenvalue weighted by Crippen LogP contribution is 2.28. The minimum atomic E-state index is -3.66. The molecule has 0 aromatic heterocycles. The fourth-order valence-electron chi connectivity index (χ4n) is 4.23. The third-order valence-electron chi connectivity index (χ3n) is 5.82. The zero-order valence-corrected chi connectivity index (χ0v) is 21.0. The van der Waals surface area contributed by atoms with Crippen molar-refractivity contribution in [1.29, 1.82) is 0 Å². The molecule has 1 aliphatic rings. The number of rotatable bonds is 8. The van der Waals surface area contributed by atoms with Gasteiger partial charge in [-0.3, -0.25) is 9.59 Å². The average Bonchev–Trinajstić information content (AvgIpc) is 2.78. The lowest BCUT2D eigenvalue weighted by molar-refractivity contribution is -0.118. The first-order valence-corrected chi connectivity index (χ1v) is 13.3. The van der Waals surface area contributed by atoms with Crippen LogP contribution in [0.4, 0.5) is 5.69 Å². The molecular weight excluding hydrogens is 450 g/mol. The highest BCUT2D eigenvalue weighted by Gasteiger charge is 2.27. The van der Waals surface area contributed by atoms with E-state index in [1.165, 1.54) is 18.6 Å². The summed E-state index contributed by atoms with van der Waals surface area (Å²) in [6.07, 6.45) is 6.18. The van der Waals surface area contributed by atoms with Gasteiger partial charge in [0.2, 0.25) is 15.9 Å². The molecule has 0 bridgehead atoms. The number of amides is 2. The zero-order valence-electron chi connectivity index (χ0n) is 20.1. The smallest absolute Gasteiger partial charge is 0.251 e. The number of carbonyl (C=O) groups excluding carboxylic acids is 2. The molecule has 0 aliphatic heterocycles. The normalized spacial score (nSPS) is 16.0. The van der Waals surface area contributed by atoms with E-state index in [4.69, 9.17) is 0 Å². The van der Waals surface area contributed by atoms with E-state index in [9.17, 15) is 18.0 Å². The monoisotopic (exact) mass is 485 g/mol. The minimum absolute atomic E-state index is 0.122. The van der Waals surface area contributed by atoms with E-state index in [-0.39, 0.29) is 16.7 Å². The maximum absolute atomic E-state index is 13.2. The molecule has 1 atom stereocenters. The summed E-state index contributed by atoms with van der Waals surface area (Å²) < 4.78 is 27.7. The molecule has 0 spiro atoms. The van der Waals surface area contributed by atoms with Crippen LogP contribution in [0.15, 0.2) is 59.5 Å². The summed E-state index contributed by atoms with van der Waals surface area (Å²) >= 11 is 0. The number of nitrogens with one attached hydrogen (secondary N) is 3. The number of hydrogen-bond acceptors (Lipinski definition) is 4. The van der Waals surface area contributed by atoms with Crippen molar-refractivity contribution in [2.24, 2.45) is 5.92 Å². The van der Waals surface area contributed by atoms with Crippen LogP contribution in [0.1, 0.15) is 69.7 Å². The summed E-state index contributed by atoms with van der Waals surface area (Å²) in [5.41, 5.74) is 0.377. The molecule has 1 aliphatic carbocycles. The SMILES string of the molecule is CC(C)(C)NS(=O)(=O)c1ccc(NC(=O)[C@H](CC2CCCCC2)NC(=O)c2ccccc2)cc1. The molecule has 2 aromatic carbocycles. The first kappa shape index (κ1) is 25.9. The number of sulfonamides is 1. The van der Waals surface area contributed by atoms with Crippen molar-refractivity contribution in [2.75, 3.05) is 5.32 Å². The van der Waals surface area contributed by atoms with Gasteiger partial charge >= 0.3 is 0 Å². The Bertz CT molecular complexity index is 1070. The molecule has 3 rings (SSSR count). The second kappa shape index (κ2) is 11.1. The van der Waals surface area contributed by atoms with Gasteiger partial charge in [0, 0.05) is 16.8 Å². The molecule has 34 heavy (non-hydrogen) atoms. The lowest BCUT2D eigenvalue weighted by atomic mass is 9.84. The molecule has 184 valence electrons. The van der Waals surface area contributed by atoms with E-state index in [1.54, 1.807) is 57.2 Å². The minimum Gasteiger partial charge on any atom is -0.340 e. The van der Waals surface area contributed by atoms with Gasteiger partial charge in [-0.25, -0.2) is 13.1 Å². The number of anilines is 1. The molecule has 2 amide bonds. The molecule has 3 N–H and O–H groups in total. The summed E-state index contributed by atoms with van der Waals surface area (Å²) in [5, 5.41) is 5.75. The summed E-state index contributed by atoms with van der Waals surface area (Å²) in [4.78, 5) is 26.0. The van der Waals surface area contributed by atoms with Crippen LogP contribution in [0.2, 0.25) is 0 Å². The molecule has 8 heteroatoms. The van der Waals surface area contributed by atoms with Gasteiger partial charge in [-0.05, 0) is 69.5 Å². The van der Waals surface area contributed by atoms with E-state index in [1.807, 2.05) is 6.07 Å². The Balaban J connectivity index is 1.72. The molecule has 2 aromatic rings. The van der Waals surface area contributed by atoms with Crippen molar-refractivity contribution in [2.45, 2.75) is 75.8 Å². The number of hydrogen-bond donors (Lipinski definition) is 3. The predicted octanol–water partition coefficient (Wildman–Crippen LogP) is 4.47. The Kier molecular flexibility index (Phi) is 8.49. The molecular formula is C26H35N3O4S. The van der Waals surface area contributed by atoms with Crippen molar-refractivity contribution in [3.8, 4) is 0 Å². The Morgan fingerprint density at radius 2 is 1.56 bits per heavy atom. The van der Waals surface area contributed by atoms with E-state index in [0.717, 1.165) is 25.7 Å². The highest BCUT2D eigenvalue weighted by atomic mass is 32.2. The number of carbonyl (C=O) groups is 2. The van der Waals surface area contributed by atoms with E-state index in [0.29, 0.717) is 23.6 Å². The Labute approximate surface area is 202 Å². The van der Waals surface area contributed by atoms with Gasteiger partial charge in [0.15, 0.2) is 0 Å². The predicted molar refractivity (Wildman–Crippen MR) is 134 cm³/mol. The van der Waals surface area contributed by atoms with Gasteiger partial charge in [-0.1, -0.05) is 50.3 Å². The van der Waals surface area contributed by atoms with Crippen molar-refractivity contribution in [3.63, 3.8) is 0 Å². The van der Waals surface area contributed by atoms with Crippen molar-refractivity contribution < 1.29 is 18.0 Å². The van der Waals surface area contributed by atoms with Gasteiger partial charge in [0.1, 0.15) is 6.04 Å².